The number of alkyl halides is 3. The van der Waals surface area contributed by atoms with Crippen LogP contribution in [-0.2, 0) is 6.18 Å². The minimum absolute atomic E-state index is 0.101. The Morgan fingerprint density at radius 3 is 2.31 bits per heavy atom. The normalized spacial score (nSPS) is 14.7. The minimum Gasteiger partial charge on any atom is -0.471 e. The van der Waals surface area contributed by atoms with Crippen molar-refractivity contribution in [3.05, 3.63) is 53.7 Å². The summed E-state index contributed by atoms with van der Waals surface area (Å²) in [6, 6.07) is 9.39. The van der Waals surface area contributed by atoms with Gasteiger partial charge < -0.3 is 14.5 Å². The summed E-state index contributed by atoms with van der Waals surface area (Å²) in [7, 11) is 3.84. The standard InChI is InChI=1S/C18H18F3N3O2/c1-23(2)14-6-3-12(4-7-14)17(25)24-10-15(11-24)26-16-8-5-13(9-22-16)18(19,20)21/h3-9,15H,10-11H2,1-2H3. The molecule has 5 nitrogen and oxygen atoms in total. The Morgan fingerprint density at radius 1 is 1.15 bits per heavy atom. The van der Waals surface area contributed by atoms with Crippen molar-refractivity contribution in [1.82, 2.24) is 9.88 Å². The average molecular weight is 365 g/mol. The maximum Gasteiger partial charge on any atom is 0.417 e. The summed E-state index contributed by atoms with van der Waals surface area (Å²) in [5.41, 5.74) is 0.762. The van der Waals surface area contributed by atoms with E-state index in [-0.39, 0.29) is 17.9 Å². The number of anilines is 1. The molecule has 0 bridgehead atoms. The van der Waals surface area contributed by atoms with Crippen LogP contribution in [0.2, 0.25) is 0 Å². The number of ether oxygens (including phenoxy) is 1. The molecule has 2 aromatic rings. The first-order valence-corrected chi connectivity index (χ1v) is 8.00. The molecule has 0 aliphatic carbocycles. The second kappa shape index (κ2) is 6.86. The summed E-state index contributed by atoms with van der Waals surface area (Å²) in [6.45, 7) is 0.744. The van der Waals surface area contributed by atoms with Gasteiger partial charge in [-0.1, -0.05) is 0 Å². The number of halogens is 3. The molecule has 1 fully saturated rings. The predicted molar refractivity (Wildman–Crippen MR) is 90.3 cm³/mol. The first-order chi connectivity index (χ1) is 12.2. The lowest BCUT2D eigenvalue weighted by molar-refractivity contribution is -0.137. The molecule has 2 heterocycles. The number of hydrogen-bond donors (Lipinski definition) is 0. The Kier molecular flexibility index (Phi) is 4.76. The zero-order valence-corrected chi connectivity index (χ0v) is 14.3. The molecule has 0 N–H and O–H groups in total. The SMILES string of the molecule is CN(C)c1ccc(C(=O)N2CC(Oc3ccc(C(F)(F)F)cn3)C2)cc1. The smallest absolute Gasteiger partial charge is 0.417 e. The van der Waals surface area contributed by atoms with Crippen molar-refractivity contribution >= 4 is 11.6 Å². The van der Waals surface area contributed by atoms with Crippen LogP contribution in [0.5, 0.6) is 5.88 Å². The lowest BCUT2D eigenvalue weighted by Crippen LogP contribution is -2.56. The molecule has 3 rings (SSSR count). The largest absolute Gasteiger partial charge is 0.471 e. The summed E-state index contributed by atoms with van der Waals surface area (Å²) in [4.78, 5) is 19.6. The maximum atomic E-state index is 12.5. The third-order valence-electron chi connectivity index (χ3n) is 4.12. The van der Waals surface area contributed by atoms with Crippen LogP contribution in [0.3, 0.4) is 0 Å². The van der Waals surface area contributed by atoms with E-state index in [1.807, 2.05) is 31.1 Å². The number of likely N-dealkylation sites (tertiary alicyclic amines) is 1. The first kappa shape index (κ1) is 18.0. The molecule has 0 saturated carbocycles. The van der Waals surface area contributed by atoms with Gasteiger partial charge in [0.1, 0.15) is 6.10 Å². The highest BCUT2D eigenvalue weighted by molar-refractivity contribution is 5.95. The Balaban J connectivity index is 1.53. The molecule has 1 aromatic heterocycles. The Morgan fingerprint density at radius 2 is 1.81 bits per heavy atom. The quantitative estimate of drug-likeness (QED) is 0.836. The molecule has 138 valence electrons. The van der Waals surface area contributed by atoms with Gasteiger partial charge in [0.15, 0.2) is 0 Å². The van der Waals surface area contributed by atoms with Crippen LogP contribution < -0.4 is 9.64 Å². The second-order valence-corrected chi connectivity index (χ2v) is 6.27. The van der Waals surface area contributed by atoms with Crippen LogP contribution in [0.15, 0.2) is 42.6 Å². The first-order valence-electron chi connectivity index (χ1n) is 8.00. The Hall–Kier alpha value is -2.77. The average Bonchev–Trinajstić information content (AvgIpc) is 2.57. The van der Waals surface area contributed by atoms with E-state index in [1.54, 1.807) is 17.0 Å². The van der Waals surface area contributed by atoms with E-state index >= 15 is 0 Å². The van der Waals surface area contributed by atoms with E-state index in [2.05, 4.69) is 4.98 Å². The van der Waals surface area contributed by atoms with Crippen LogP contribution in [0.25, 0.3) is 0 Å². The Bertz CT molecular complexity index is 768. The molecular weight excluding hydrogens is 347 g/mol. The van der Waals surface area contributed by atoms with Gasteiger partial charge in [0.2, 0.25) is 5.88 Å². The summed E-state index contributed by atoms with van der Waals surface area (Å²) < 4.78 is 43.0. The monoisotopic (exact) mass is 365 g/mol. The van der Waals surface area contributed by atoms with Crippen molar-refractivity contribution in [1.29, 1.82) is 0 Å². The fourth-order valence-corrected chi connectivity index (χ4v) is 2.55. The highest BCUT2D eigenvalue weighted by Crippen LogP contribution is 2.29. The van der Waals surface area contributed by atoms with Crippen LogP contribution in [0, 0.1) is 0 Å². The number of carbonyl (C=O) groups is 1. The van der Waals surface area contributed by atoms with Crippen molar-refractivity contribution in [2.45, 2.75) is 12.3 Å². The molecule has 1 amide bonds. The van der Waals surface area contributed by atoms with Crippen LogP contribution in [0.1, 0.15) is 15.9 Å². The molecule has 1 aliphatic rings. The lowest BCUT2D eigenvalue weighted by atomic mass is 10.1. The van der Waals surface area contributed by atoms with Gasteiger partial charge in [-0.3, -0.25) is 4.79 Å². The number of carbonyl (C=O) groups excluding carboxylic acids is 1. The fraction of sp³-hybridized carbons (Fsp3) is 0.333. The van der Waals surface area contributed by atoms with Gasteiger partial charge in [0.05, 0.1) is 18.7 Å². The molecule has 0 spiro atoms. The third kappa shape index (κ3) is 3.89. The van der Waals surface area contributed by atoms with Gasteiger partial charge in [-0.05, 0) is 30.3 Å². The van der Waals surface area contributed by atoms with Crippen molar-refractivity contribution in [2.75, 3.05) is 32.1 Å². The van der Waals surface area contributed by atoms with Crippen molar-refractivity contribution in [3.8, 4) is 5.88 Å². The van der Waals surface area contributed by atoms with E-state index in [0.717, 1.165) is 18.0 Å². The zero-order chi connectivity index (χ0) is 18.9. The van der Waals surface area contributed by atoms with E-state index in [0.29, 0.717) is 18.7 Å². The molecule has 1 aromatic carbocycles. The number of benzene rings is 1. The van der Waals surface area contributed by atoms with Crippen molar-refractivity contribution < 1.29 is 22.7 Å². The van der Waals surface area contributed by atoms with E-state index in [4.69, 9.17) is 4.74 Å². The highest BCUT2D eigenvalue weighted by atomic mass is 19.4. The number of nitrogens with zero attached hydrogens (tertiary/aromatic N) is 3. The minimum atomic E-state index is -4.42. The maximum absolute atomic E-state index is 12.5. The molecule has 0 atom stereocenters. The van der Waals surface area contributed by atoms with Gasteiger partial charge in [0.25, 0.3) is 5.91 Å². The summed E-state index contributed by atoms with van der Waals surface area (Å²) >= 11 is 0. The number of pyridine rings is 1. The van der Waals surface area contributed by atoms with Crippen molar-refractivity contribution in [3.63, 3.8) is 0 Å². The van der Waals surface area contributed by atoms with Gasteiger partial charge in [-0.2, -0.15) is 13.2 Å². The van der Waals surface area contributed by atoms with Crippen LogP contribution in [-0.4, -0.2) is 49.1 Å². The molecule has 1 aliphatic heterocycles. The zero-order valence-electron chi connectivity index (χ0n) is 14.3. The molecule has 0 radical (unpaired) electrons. The van der Waals surface area contributed by atoms with E-state index in [1.165, 1.54) is 6.07 Å². The topological polar surface area (TPSA) is 45.7 Å². The number of hydrogen-bond acceptors (Lipinski definition) is 4. The summed E-state index contributed by atoms with van der Waals surface area (Å²) in [6.07, 6.45) is -3.96. The van der Waals surface area contributed by atoms with Crippen molar-refractivity contribution in [2.24, 2.45) is 0 Å². The van der Waals surface area contributed by atoms with Gasteiger partial charge >= 0.3 is 6.18 Å². The molecule has 1 saturated heterocycles. The van der Waals surface area contributed by atoms with Crippen LogP contribution in [0.4, 0.5) is 18.9 Å². The van der Waals surface area contributed by atoms with Gasteiger partial charge in [-0.15, -0.1) is 0 Å². The van der Waals surface area contributed by atoms with E-state index in [9.17, 15) is 18.0 Å². The Labute approximate surface area is 149 Å². The van der Waals surface area contributed by atoms with Crippen LogP contribution >= 0.6 is 0 Å². The lowest BCUT2D eigenvalue weighted by Gasteiger charge is -2.38. The molecule has 8 heteroatoms. The molecular formula is C18H18F3N3O2. The highest BCUT2D eigenvalue weighted by Gasteiger charge is 2.34. The summed E-state index contributed by atoms with van der Waals surface area (Å²) in [5.74, 6) is 0.0148. The number of amides is 1. The number of aromatic nitrogens is 1. The predicted octanol–water partition coefficient (Wildman–Crippen LogP) is 3.07. The van der Waals surface area contributed by atoms with E-state index < -0.39 is 11.7 Å². The molecule has 0 unspecified atom stereocenters. The fourth-order valence-electron chi connectivity index (χ4n) is 2.55. The summed E-state index contributed by atoms with van der Waals surface area (Å²) in [5, 5.41) is 0. The molecule has 26 heavy (non-hydrogen) atoms. The second-order valence-electron chi connectivity index (χ2n) is 6.27. The third-order valence-corrected chi connectivity index (χ3v) is 4.12. The van der Waals surface area contributed by atoms with Gasteiger partial charge in [0, 0.05) is 37.6 Å². The van der Waals surface area contributed by atoms with Gasteiger partial charge in [-0.25, -0.2) is 4.98 Å². The number of rotatable bonds is 4.